The van der Waals surface area contributed by atoms with Crippen molar-refractivity contribution in [1.82, 2.24) is 15.2 Å². The summed E-state index contributed by atoms with van der Waals surface area (Å²) in [6.07, 6.45) is 6.93. The zero-order valence-corrected chi connectivity index (χ0v) is 19.6. The number of nitrogens with one attached hydrogen (secondary N) is 1. The molecule has 0 radical (unpaired) electrons. The second kappa shape index (κ2) is 10.8. The van der Waals surface area contributed by atoms with E-state index in [0.29, 0.717) is 5.92 Å². The molecule has 29 heavy (non-hydrogen) atoms. The van der Waals surface area contributed by atoms with Gasteiger partial charge in [-0.1, -0.05) is 36.4 Å². The largest absolute Gasteiger partial charge is 0.357 e. The van der Waals surface area contributed by atoms with E-state index in [-0.39, 0.29) is 24.0 Å². The molecular weight excluding hydrogens is 473 g/mol. The number of aromatic nitrogens is 1. The molecule has 1 aromatic carbocycles. The SMILES string of the molecule is CN=C(NCc1ccc(N2CCCC2)nc1)N1CCC(Cc2ccccc2)C1.I. The van der Waals surface area contributed by atoms with Crippen molar-refractivity contribution < 1.29 is 0 Å². The first-order chi connectivity index (χ1) is 13.8. The minimum atomic E-state index is 0. The molecule has 2 aliphatic rings. The lowest BCUT2D eigenvalue weighted by Gasteiger charge is -2.22. The zero-order valence-electron chi connectivity index (χ0n) is 17.3. The predicted octanol–water partition coefficient (Wildman–Crippen LogP) is 3.94. The van der Waals surface area contributed by atoms with Crippen LogP contribution in [0.25, 0.3) is 0 Å². The molecule has 0 aliphatic carbocycles. The van der Waals surface area contributed by atoms with Gasteiger partial charge in [0.05, 0.1) is 0 Å². The highest BCUT2D eigenvalue weighted by molar-refractivity contribution is 14.0. The molecule has 0 bridgehead atoms. The Morgan fingerprint density at radius 3 is 2.55 bits per heavy atom. The second-order valence-electron chi connectivity index (χ2n) is 7.91. The summed E-state index contributed by atoms with van der Waals surface area (Å²) >= 11 is 0. The van der Waals surface area contributed by atoms with Gasteiger partial charge in [0.15, 0.2) is 5.96 Å². The van der Waals surface area contributed by atoms with Gasteiger partial charge in [0.1, 0.15) is 5.82 Å². The Morgan fingerprint density at radius 2 is 1.86 bits per heavy atom. The van der Waals surface area contributed by atoms with Crippen LogP contribution in [0.1, 0.15) is 30.4 Å². The number of pyridine rings is 1. The van der Waals surface area contributed by atoms with E-state index in [1.807, 2.05) is 13.2 Å². The molecule has 6 heteroatoms. The van der Waals surface area contributed by atoms with Crippen LogP contribution in [0.15, 0.2) is 53.7 Å². The summed E-state index contributed by atoms with van der Waals surface area (Å²) in [5.41, 5.74) is 2.63. The smallest absolute Gasteiger partial charge is 0.193 e. The van der Waals surface area contributed by atoms with Crippen molar-refractivity contribution in [2.24, 2.45) is 10.9 Å². The van der Waals surface area contributed by atoms with Crippen molar-refractivity contribution in [2.75, 3.05) is 38.1 Å². The average Bonchev–Trinajstić information content (AvgIpc) is 3.43. The van der Waals surface area contributed by atoms with E-state index in [1.54, 1.807) is 0 Å². The Labute approximate surface area is 191 Å². The number of nitrogens with zero attached hydrogens (tertiary/aromatic N) is 4. The van der Waals surface area contributed by atoms with Gasteiger partial charge < -0.3 is 15.1 Å². The first kappa shape index (κ1) is 21.9. The minimum Gasteiger partial charge on any atom is -0.357 e. The second-order valence-corrected chi connectivity index (χ2v) is 7.91. The van der Waals surface area contributed by atoms with Crippen LogP contribution in [0.5, 0.6) is 0 Å². The lowest BCUT2D eigenvalue weighted by molar-refractivity contribution is 0.460. The number of anilines is 1. The Kier molecular flexibility index (Phi) is 8.15. The molecule has 1 aromatic heterocycles. The number of rotatable bonds is 5. The molecular formula is C23H32IN5. The van der Waals surface area contributed by atoms with Gasteiger partial charge in [-0.2, -0.15) is 0 Å². The van der Waals surface area contributed by atoms with Crippen LogP contribution >= 0.6 is 24.0 Å². The van der Waals surface area contributed by atoms with Gasteiger partial charge in [-0.3, -0.25) is 4.99 Å². The first-order valence-corrected chi connectivity index (χ1v) is 10.5. The third-order valence-electron chi connectivity index (χ3n) is 5.85. The van der Waals surface area contributed by atoms with E-state index in [1.165, 1.54) is 30.4 Å². The number of benzene rings is 1. The third-order valence-corrected chi connectivity index (χ3v) is 5.85. The fourth-order valence-corrected chi connectivity index (χ4v) is 4.31. The van der Waals surface area contributed by atoms with Gasteiger partial charge in [-0.25, -0.2) is 4.98 Å². The Bertz CT molecular complexity index is 772. The highest BCUT2D eigenvalue weighted by Gasteiger charge is 2.25. The number of guanidine groups is 1. The molecule has 0 spiro atoms. The summed E-state index contributed by atoms with van der Waals surface area (Å²) in [6, 6.07) is 15.1. The molecule has 2 saturated heterocycles. The van der Waals surface area contributed by atoms with E-state index >= 15 is 0 Å². The van der Waals surface area contributed by atoms with Crippen molar-refractivity contribution in [1.29, 1.82) is 0 Å². The molecule has 5 nitrogen and oxygen atoms in total. The van der Waals surface area contributed by atoms with Gasteiger partial charge in [-0.05, 0) is 48.8 Å². The molecule has 0 saturated carbocycles. The van der Waals surface area contributed by atoms with E-state index in [9.17, 15) is 0 Å². The number of hydrogen-bond acceptors (Lipinski definition) is 3. The summed E-state index contributed by atoms with van der Waals surface area (Å²) < 4.78 is 0. The molecule has 0 amide bonds. The minimum absolute atomic E-state index is 0. The molecule has 1 atom stereocenters. The summed E-state index contributed by atoms with van der Waals surface area (Å²) in [7, 11) is 1.88. The maximum Gasteiger partial charge on any atom is 0.193 e. The normalized spacial score (nSPS) is 19.3. The van der Waals surface area contributed by atoms with Crippen molar-refractivity contribution in [2.45, 2.75) is 32.2 Å². The lowest BCUT2D eigenvalue weighted by Crippen LogP contribution is -2.39. The van der Waals surface area contributed by atoms with Gasteiger partial charge >= 0.3 is 0 Å². The van der Waals surface area contributed by atoms with E-state index in [0.717, 1.165) is 50.9 Å². The number of hydrogen-bond donors (Lipinski definition) is 1. The van der Waals surface area contributed by atoms with Crippen molar-refractivity contribution in [3.05, 3.63) is 59.8 Å². The number of aliphatic imine (C=N–C) groups is 1. The predicted molar refractivity (Wildman–Crippen MR) is 131 cm³/mol. The highest BCUT2D eigenvalue weighted by atomic mass is 127. The van der Waals surface area contributed by atoms with E-state index in [4.69, 9.17) is 0 Å². The molecule has 1 N–H and O–H groups in total. The molecule has 4 rings (SSSR count). The summed E-state index contributed by atoms with van der Waals surface area (Å²) in [5.74, 6) is 2.80. The van der Waals surface area contributed by atoms with Crippen LogP contribution in [-0.2, 0) is 13.0 Å². The summed E-state index contributed by atoms with van der Waals surface area (Å²) in [4.78, 5) is 13.9. The number of likely N-dealkylation sites (tertiary alicyclic amines) is 1. The van der Waals surface area contributed by atoms with Crippen LogP contribution in [0.3, 0.4) is 0 Å². The summed E-state index contributed by atoms with van der Waals surface area (Å²) in [6.45, 7) is 5.18. The number of halogens is 1. The fraction of sp³-hybridized carbons (Fsp3) is 0.478. The van der Waals surface area contributed by atoms with Crippen molar-refractivity contribution in [3.63, 3.8) is 0 Å². The van der Waals surface area contributed by atoms with Gasteiger partial charge in [-0.15, -0.1) is 24.0 Å². The van der Waals surface area contributed by atoms with Crippen molar-refractivity contribution in [3.8, 4) is 0 Å². The average molecular weight is 505 g/mol. The van der Waals surface area contributed by atoms with Gasteiger partial charge in [0, 0.05) is 46.0 Å². The molecule has 156 valence electrons. The van der Waals surface area contributed by atoms with Crippen LogP contribution in [0, 0.1) is 5.92 Å². The van der Waals surface area contributed by atoms with Crippen LogP contribution in [0.4, 0.5) is 5.82 Å². The Balaban J connectivity index is 0.00000240. The maximum atomic E-state index is 4.65. The monoisotopic (exact) mass is 505 g/mol. The standard InChI is InChI=1S/C23H31N5.HI/c1-24-23(28-14-11-20(18-28)15-19-7-3-2-4-8-19)26-17-21-9-10-22(25-16-21)27-12-5-6-13-27;/h2-4,7-10,16,20H,5-6,11-15,17-18H2,1H3,(H,24,26);1H. The molecule has 1 unspecified atom stereocenters. The quantitative estimate of drug-likeness (QED) is 0.380. The fourth-order valence-electron chi connectivity index (χ4n) is 4.31. The van der Waals surface area contributed by atoms with Crippen molar-refractivity contribution >= 4 is 35.8 Å². The zero-order chi connectivity index (χ0) is 19.2. The molecule has 2 aromatic rings. The lowest BCUT2D eigenvalue weighted by atomic mass is 9.99. The highest BCUT2D eigenvalue weighted by Crippen LogP contribution is 2.21. The third kappa shape index (κ3) is 5.84. The topological polar surface area (TPSA) is 43.8 Å². The summed E-state index contributed by atoms with van der Waals surface area (Å²) in [5, 5.41) is 3.52. The molecule has 3 heterocycles. The van der Waals surface area contributed by atoms with Gasteiger partial charge in [0.2, 0.25) is 0 Å². The van der Waals surface area contributed by atoms with E-state index in [2.05, 4.69) is 67.6 Å². The Morgan fingerprint density at radius 1 is 1.07 bits per heavy atom. The van der Waals surface area contributed by atoms with E-state index < -0.39 is 0 Å². The Hall–Kier alpha value is -1.83. The van der Waals surface area contributed by atoms with Crippen LogP contribution in [-0.4, -0.2) is 49.1 Å². The molecule has 2 aliphatic heterocycles. The van der Waals surface area contributed by atoms with Gasteiger partial charge in [0.25, 0.3) is 0 Å². The first-order valence-electron chi connectivity index (χ1n) is 10.5. The van der Waals surface area contributed by atoms with Crippen LogP contribution in [0.2, 0.25) is 0 Å². The van der Waals surface area contributed by atoms with Crippen LogP contribution < -0.4 is 10.2 Å². The maximum absolute atomic E-state index is 4.65. The molecule has 2 fully saturated rings.